The highest BCUT2D eigenvalue weighted by Gasteiger charge is 2.26. The van der Waals surface area contributed by atoms with Crippen molar-refractivity contribution in [3.63, 3.8) is 0 Å². The highest BCUT2D eigenvalue weighted by molar-refractivity contribution is 6.00. The molecule has 216 valence electrons. The van der Waals surface area contributed by atoms with E-state index in [1.54, 1.807) is 0 Å². The van der Waals surface area contributed by atoms with Crippen LogP contribution in [0.5, 0.6) is 0 Å². The number of aliphatic imine (C=N–C) groups is 1. The van der Waals surface area contributed by atoms with Crippen LogP contribution < -0.4 is 4.90 Å². The van der Waals surface area contributed by atoms with Crippen LogP contribution in [0, 0.1) is 12.8 Å². The minimum absolute atomic E-state index is 0.0443. The Morgan fingerprint density at radius 1 is 0.951 bits per heavy atom. The molecule has 1 aliphatic carbocycles. The van der Waals surface area contributed by atoms with E-state index in [1.165, 1.54) is 16.8 Å². The van der Waals surface area contributed by atoms with Gasteiger partial charge in [0.25, 0.3) is 0 Å². The van der Waals surface area contributed by atoms with Crippen molar-refractivity contribution in [2.24, 2.45) is 10.9 Å². The molecule has 0 radical (unpaired) electrons. The Morgan fingerprint density at radius 3 is 2.49 bits per heavy atom. The molecule has 2 aliphatic heterocycles. The predicted molar refractivity (Wildman–Crippen MR) is 166 cm³/mol. The third-order valence-corrected chi connectivity index (χ3v) is 9.38. The number of carbonyl (C=O) groups is 3. The number of anilines is 1. The van der Waals surface area contributed by atoms with E-state index in [1.807, 2.05) is 25.3 Å². The Bertz CT molecular complexity index is 1350. The molecule has 5 rings (SSSR count). The fourth-order valence-electron chi connectivity index (χ4n) is 6.93. The van der Waals surface area contributed by atoms with Gasteiger partial charge in [-0.1, -0.05) is 36.8 Å². The highest BCUT2D eigenvalue weighted by atomic mass is 16.1. The summed E-state index contributed by atoms with van der Waals surface area (Å²) >= 11 is 0. The molecule has 1 saturated heterocycles. The summed E-state index contributed by atoms with van der Waals surface area (Å²) in [5, 5.41) is 0. The topological polar surface area (TPSA) is 66.8 Å². The SMILES string of the molecule is CC1=C(C(=O)Cc2cc(C(=O)CCCCC3CCCC3=O)ccc2C2CCN(c3ccccc3C)CC2)N=CCC1. The maximum absolute atomic E-state index is 13.4. The Kier molecular flexibility index (Phi) is 9.64. The number of allylic oxidation sites excluding steroid dienone is 2. The van der Waals surface area contributed by atoms with E-state index in [-0.39, 0.29) is 23.9 Å². The first-order valence-corrected chi connectivity index (χ1v) is 15.7. The molecule has 1 unspecified atom stereocenters. The maximum Gasteiger partial charge on any atom is 0.185 e. The second-order valence-corrected chi connectivity index (χ2v) is 12.3. The lowest BCUT2D eigenvalue weighted by Gasteiger charge is -2.35. The van der Waals surface area contributed by atoms with E-state index < -0.39 is 0 Å². The van der Waals surface area contributed by atoms with Gasteiger partial charge in [0.05, 0.1) is 0 Å². The number of ketones is 3. The molecule has 0 aromatic heterocycles. The fraction of sp³-hybridized carbons (Fsp3) is 0.500. The standard InChI is InChI=1S/C36H44N2O3/c1-25-9-3-5-13-32(25)38-21-18-27(19-22-38)31-17-16-29(34(40)14-6-4-11-28-12-7-15-33(28)39)23-30(31)24-35(41)36-26(2)10-8-20-37-36/h3,5,9,13,16-17,20,23,27-28H,4,6-8,10-12,14-15,18-19,21-22,24H2,1-2H3. The maximum atomic E-state index is 13.4. The second kappa shape index (κ2) is 13.5. The number of para-hydroxylation sites is 1. The summed E-state index contributed by atoms with van der Waals surface area (Å²) in [5.41, 5.74) is 7.13. The molecule has 1 atom stereocenters. The van der Waals surface area contributed by atoms with Gasteiger partial charge in [0.1, 0.15) is 11.5 Å². The lowest BCUT2D eigenvalue weighted by Crippen LogP contribution is -2.33. The zero-order valence-electron chi connectivity index (χ0n) is 24.8. The summed E-state index contributed by atoms with van der Waals surface area (Å²) in [5.74, 6) is 1.14. The van der Waals surface area contributed by atoms with E-state index >= 15 is 0 Å². The second-order valence-electron chi connectivity index (χ2n) is 12.3. The molecule has 0 N–H and O–H groups in total. The van der Waals surface area contributed by atoms with Crippen LogP contribution in [0.1, 0.15) is 111 Å². The zero-order chi connectivity index (χ0) is 28.8. The molecular weight excluding hydrogens is 508 g/mol. The van der Waals surface area contributed by atoms with Crippen molar-refractivity contribution in [1.29, 1.82) is 0 Å². The monoisotopic (exact) mass is 552 g/mol. The number of nitrogens with zero attached hydrogens (tertiary/aromatic N) is 2. The first-order chi connectivity index (χ1) is 19.9. The lowest BCUT2D eigenvalue weighted by atomic mass is 9.83. The molecular formula is C36H44N2O3. The number of piperidine rings is 1. The quantitative estimate of drug-likeness (QED) is 0.211. The first-order valence-electron chi connectivity index (χ1n) is 15.7. The van der Waals surface area contributed by atoms with Gasteiger partial charge in [-0.05, 0) is 106 Å². The fourth-order valence-corrected chi connectivity index (χ4v) is 6.93. The Labute approximate surface area is 245 Å². The van der Waals surface area contributed by atoms with Crippen LogP contribution in [0.15, 0.2) is 58.7 Å². The van der Waals surface area contributed by atoms with Crippen molar-refractivity contribution in [2.75, 3.05) is 18.0 Å². The van der Waals surface area contributed by atoms with Gasteiger partial charge in [-0.15, -0.1) is 0 Å². The molecule has 0 amide bonds. The number of hydrogen-bond donors (Lipinski definition) is 0. The van der Waals surface area contributed by atoms with E-state index in [0.717, 1.165) is 88.4 Å². The molecule has 2 heterocycles. The Hall–Kier alpha value is -3.34. The minimum atomic E-state index is 0.0443. The van der Waals surface area contributed by atoms with Gasteiger partial charge in [-0.2, -0.15) is 0 Å². The number of rotatable bonds is 11. The summed E-state index contributed by atoms with van der Waals surface area (Å²) in [7, 11) is 0. The first kappa shape index (κ1) is 29.2. The van der Waals surface area contributed by atoms with E-state index in [4.69, 9.17) is 0 Å². The molecule has 5 heteroatoms. The van der Waals surface area contributed by atoms with E-state index in [0.29, 0.717) is 29.4 Å². The van der Waals surface area contributed by atoms with Crippen molar-refractivity contribution in [2.45, 2.75) is 96.8 Å². The third-order valence-electron chi connectivity index (χ3n) is 9.38. The van der Waals surface area contributed by atoms with Crippen LogP contribution >= 0.6 is 0 Å². The van der Waals surface area contributed by atoms with Crippen LogP contribution in [0.4, 0.5) is 5.69 Å². The van der Waals surface area contributed by atoms with Gasteiger partial charge in [-0.25, -0.2) is 0 Å². The van der Waals surface area contributed by atoms with Gasteiger partial charge < -0.3 is 4.90 Å². The molecule has 0 spiro atoms. The molecule has 3 aliphatic rings. The highest BCUT2D eigenvalue weighted by Crippen LogP contribution is 2.35. The minimum Gasteiger partial charge on any atom is -0.371 e. The van der Waals surface area contributed by atoms with Gasteiger partial charge in [-0.3, -0.25) is 19.4 Å². The molecule has 2 aromatic carbocycles. The van der Waals surface area contributed by atoms with Crippen LogP contribution in [-0.2, 0) is 16.0 Å². The summed E-state index contributed by atoms with van der Waals surface area (Å²) in [6.07, 6.45) is 11.8. The van der Waals surface area contributed by atoms with Gasteiger partial charge in [0.15, 0.2) is 11.6 Å². The van der Waals surface area contributed by atoms with Gasteiger partial charge in [0.2, 0.25) is 0 Å². The summed E-state index contributed by atoms with van der Waals surface area (Å²) in [4.78, 5) is 45.5. The molecule has 41 heavy (non-hydrogen) atoms. The largest absolute Gasteiger partial charge is 0.371 e. The summed E-state index contributed by atoms with van der Waals surface area (Å²) < 4.78 is 0. The number of aryl methyl sites for hydroxylation is 1. The third kappa shape index (κ3) is 7.12. The average molecular weight is 553 g/mol. The van der Waals surface area contributed by atoms with Crippen LogP contribution in [0.3, 0.4) is 0 Å². The number of hydrogen-bond acceptors (Lipinski definition) is 5. The van der Waals surface area contributed by atoms with Crippen molar-refractivity contribution < 1.29 is 14.4 Å². The van der Waals surface area contributed by atoms with Crippen LogP contribution in [-0.4, -0.2) is 36.7 Å². The molecule has 2 aromatic rings. The molecule has 0 bridgehead atoms. The zero-order valence-corrected chi connectivity index (χ0v) is 24.8. The predicted octanol–water partition coefficient (Wildman–Crippen LogP) is 7.74. The summed E-state index contributed by atoms with van der Waals surface area (Å²) in [6, 6.07) is 14.6. The van der Waals surface area contributed by atoms with Crippen molar-refractivity contribution >= 4 is 29.3 Å². The number of unbranched alkanes of at least 4 members (excludes halogenated alkanes) is 1. The van der Waals surface area contributed by atoms with Crippen LogP contribution in [0.25, 0.3) is 0 Å². The van der Waals surface area contributed by atoms with Gasteiger partial charge in [0, 0.05) is 55.7 Å². The smallest absolute Gasteiger partial charge is 0.185 e. The average Bonchev–Trinajstić information content (AvgIpc) is 3.40. The van der Waals surface area contributed by atoms with Crippen molar-refractivity contribution in [1.82, 2.24) is 0 Å². The Morgan fingerprint density at radius 2 is 1.76 bits per heavy atom. The van der Waals surface area contributed by atoms with E-state index in [9.17, 15) is 14.4 Å². The Balaban J connectivity index is 1.29. The van der Waals surface area contributed by atoms with Crippen molar-refractivity contribution in [3.05, 3.63) is 76.0 Å². The summed E-state index contributed by atoms with van der Waals surface area (Å²) in [6.45, 7) is 6.12. The molecule has 5 nitrogen and oxygen atoms in total. The number of benzene rings is 2. The van der Waals surface area contributed by atoms with E-state index in [2.05, 4.69) is 47.1 Å². The van der Waals surface area contributed by atoms with Gasteiger partial charge >= 0.3 is 0 Å². The van der Waals surface area contributed by atoms with Crippen molar-refractivity contribution in [3.8, 4) is 0 Å². The molecule has 1 saturated carbocycles. The van der Waals surface area contributed by atoms with Crippen LogP contribution in [0.2, 0.25) is 0 Å². The normalized spacial score (nSPS) is 19.7. The number of Topliss-reactive ketones (excluding diaryl/α,β-unsaturated/α-hetero) is 3. The lowest BCUT2D eigenvalue weighted by molar-refractivity contribution is -0.120. The molecule has 2 fully saturated rings. The number of carbonyl (C=O) groups excluding carboxylic acids is 3.